The molecule has 1 aromatic carbocycles. The van der Waals surface area contributed by atoms with E-state index in [0.717, 1.165) is 21.7 Å². The zero-order chi connectivity index (χ0) is 12.8. The molecule has 3 aromatic rings. The van der Waals surface area contributed by atoms with Crippen molar-refractivity contribution < 1.29 is 9.47 Å². The first-order valence-electron chi connectivity index (χ1n) is 5.68. The summed E-state index contributed by atoms with van der Waals surface area (Å²) in [7, 11) is 0. The molecule has 0 radical (unpaired) electrons. The van der Waals surface area contributed by atoms with Gasteiger partial charge in [0.15, 0.2) is 11.5 Å². The van der Waals surface area contributed by atoms with Gasteiger partial charge in [-0.2, -0.15) is 0 Å². The molecule has 0 saturated heterocycles. The maximum atomic E-state index is 11.9. The summed E-state index contributed by atoms with van der Waals surface area (Å²) in [6, 6.07) is 5.66. The number of hydrogen-bond acceptors (Lipinski definition) is 5. The van der Waals surface area contributed by atoms with Crippen LogP contribution in [0.25, 0.3) is 21.3 Å². The smallest absolute Gasteiger partial charge is 0.260 e. The van der Waals surface area contributed by atoms with Gasteiger partial charge < -0.3 is 14.5 Å². The number of hydrogen-bond donors (Lipinski definition) is 1. The van der Waals surface area contributed by atoms with E-state index in [9.17, 15) is 4.79 Å². The fraction of sp³-hybridized carbons (Fsp3) is 0.0769. The number of thiophene rings is 1. The highest BCUT2D eigenvalue weighted by molar-refractivity contribution is 7.17. The lowest BCUT2D eigenvalue weighted by molar-refractivity contribution is 0.174. The van der Waals surface area contributed by atoms with Crippen molar-refractivity contribution >= 4 is 21.6 Å². The van der Waals surface area contributed by atoms with Crippen molar-refractivity contribution in [2.75, 3.05) is 6.79 Å². The number of nitrogens with one attached hydrogen (secondary N) is 1. The Balaban J connectivity index is 1.98. The number of H-pyrrole nitrogens is 1. The van der Waals surface area contributed by atoms with Crippen LogP contribution in [-0.4, -0.2) is 16.8 Å². The minimum atomic E-state index is -0.126. The van der Waals surface area contributed by atoms with Crippen LogP contribution in [0, 0.1) is 0 Å². The summed E-state index contributed by atoms with van der Waals surface area (Å²) in [5.74, 6) is 1.44. The van der Waals surface area contributed by atoms with Gasteiger partial charge in [0.2, 0.25) is 6.79 Å². The van der Waals surface area contributed by atoms with Gasteiger partial charge >= 0.3 is 0 Å². The molecule has 1 aliphatic heterocycles. The van der Waals surface area contributed by atoms with Gasteiger partial charge in [-0.3, -0.25) is 4.79 Å². The van der Waals surface area contributed by atoms with E-state index < -0.39 is 0 Å². The molecular formula is C13H8N2O3S. The van der Waals surface area contributed by atoms with Crippen molar-refractivity contribution in [1.29, 1.82) is 0 Å². The molecule has 19 heavy (non-hydrogen) atoms. The van der Waals surface area contributed by atoms with Gasteiger partial charge in [0.05, 0.1) is 11.7 Å². The molecule has 1 N–H and O–H groups in total. The molecule has 4 rings (SSSR count). The Bertz CT molecular complexity index is 837. The van der Waals surface area contributed by atoms with E-state index in [1.54, 1.807) is 0 Å². The molecule has 0 amide bonds. The van der Waals surface area contributed by atoms with Crippen molar-refractivity contribution in [3.63, 3.8) is 0 Å². The van der Waals surface area contributed by atoms with Crippen molar-refractivity contribution in [3.8, 4) is 22.6 Å². The highest BCUT2D eigenvalue weighted by atomic mass is 32.1. The molecule has 0 saturated carbocycles. The second-order valence-electron chi connectivity index (χ2n) is 4.13. The number of benzene rings is 1. The lowest BCUT2D eigenvalue weighted by Crippen LogP contribution is -2.05. The molecule has 5 nitrogen and oxygen atoms in total. The first-order valence-corrected chi connectivity index (χ1v) is 6.56. The molecule has 3 heterocycles. The number of aromatic nitrogens is 2. The molecule has 2 aromatic heterocycles. The van der Waals surface area contributed by atoms with E-state index in [4.69, 9.17) is 9.47 Å². The summed E-state index contributed by atoms with van der Waals surface area (Å²) < 4.78 is 10.6. The van der Waals surface area contributed by atoms with Gasteiger partial charge in [0.1, 0.15) is 4.83 Å². The van der Waals surface area contributed by atoms with Gasteiger partial charge in [0.25, 0.3) is 5.56 Å². The van der Waals surface area contributed by atoms with Gasteiger partial charge in [-0.25, -0.2) is 4.98 Å². The predicted molar refractivity (Wildman–Crippen MR) is 71.8 cm³/mol. The minimum Gasteiger partial charge on any atom is -0.454 e. The normalized spacial score (nSPS) is 13.1. The van der Waals surface area contributed by atoms with E-state index in [0.29, 0.717) is 11.1 Å². The predicted octanol–water partition coefficient (Wildman–Crippen LogP) is 2.38. The largest absolute Gasteiger partial charge is 0.454 e. The standard InChI is InChI=1S/C13H8N2O3S/c16-12-11-8(4-19-13(11)15-5-14-12)7-1-2-9-10(3-7)18-6-17-9/h1-5H,6H2,(H,14,15,16). The number of aromatic amines is 1. The number of fused-ring (bicyclic) bond motifs is 2. The van der Waals surface area contributed by atoms with Crippen LogP contribution in [-0.2, 0) is 0 Å². The molecule has 0 atom stereocenters. The molecule has 0 bridgehead atoms. The Morgan fingerprint density at radius 1 is 1.26 bits per heavy atom. The Labute approximate surface area is 111 Å². The Morgan fingerprint density at radius 2 is 2.16 bits per heavy atom. The molecule has 0 aliphatic carbocycles. The summed E-state index contributed by atoms with van der Waals surface area (Å²) in [6.45, 7) is 0.241. The number of ether oxygens (including phenoxy) is 2. The van der Waals surface area contributed by atoms with E-state index >= 15 is 0 Å². The van der Waals surface area contributed by atoms with Crippen LogP contribution in [0.1, 0.15) is 0 Å². The maximum absolute atomic E-state index is 11.9. The summed E-state index contributed by atoms with van der Waals surface area (Å²) in [4.78, 5) is 19.4. The lowest BCUT2D eigenvalue weighted by atomic mass is 10.1. The molecular weight excluding hydrogens is 264 g/mol. The highest BCUT2D eigenvalue weighted by Crippen LogP contribution is 2.38. The zero-order valence-corrected chi connectivity index (χ0v) is 10.5. The third kappa shape index (κ3) is 1.53. The second kappa shape index (κ2) is 3.83. The van der Waals surface area contributed by atoms with E-state index in [1.165, 1.54) is 17.7 Å². The van der Waals surface area contributed by atoms with Crippen LogP contribution in [0.15, 0.2) is 34.7 Å². The maximum Gasteiger partial charge on any atom is 0.260 e. The summed E-state index contributed by atoms with van der Waals surface area (Å²) in [5.41, 5.74) is 1.67. The molecule has 6 heteroatoms. The monoisotopic (exact) mass is 272 g/mol. The van der Waals surface area contributed by atoms with Crippen LogP contribution >= 0.6 is 11.3 Å². The Morgan fingerprint density at radius 3 is 3.11 bits per heavy atom. The topological polar surface area (TPSA) is 64.2 Å². The van der Waals surface area contributed by atoms with Gasteiger partial charge in [0, 0.05) is 10.9 Å². The van der Waals surface area contributed by atoms with E-state index in [1.807, 2.05) is 23.6 Å². The van der Waals surface area contributed by atoms with Crippen molar-refractivity contribution in [2.24, 2.45) is 0 Å². The average molecular weight is 272 g/mol. The minimum absolute atomic E-state index is 0.126. The van der Waals surface area contributed by atoms with Crippen LogP contribution in [0.5, 0.6) is 11.5 Å². The zero-order valence-electron chi connectivity index (χ0n) is 9.67. The third-order valence-corrected chi connectivity index (χ3v) is 3.95. The fourth-order valence-corrected chi connectivity index (χ4v) is 3.08. The fourth-order valence-electron chi connectivity index (χ4n) is 2.16. The highest BCUT2D eigenvalue weighted by Gasteiger charge is 2.16. The lowest BCUT2D eigenvalue weighted by Gasteiger charge is -2.01. The molecule has 0 fully saturated rings. The second-order valence-corrected chi connectivity index (χ2v) is 4.99. The quantitative estimate of drug-likeness (QED) is 0.738. The summed E-state index contributed by atoms with van der Waals surface area (Å²) in [6.07, 6.45) is 1.42. The van der Waals surface area contributed by atoms with Crippen molar-refractivity contribution in [1.82, 2.24) is 9.97 Å². The van der Waals surface area contributed by atoms with Crippen LogP contribution in [0.3, 0.4) is 0 Å². The summed E-state index contributed by atoms with van der Waals surface area (Å²) in [5, 5.41) is 2.55. The van der Waals surface area contributed by atoms with E-state index in [2.05, 4.69) is 9.97 Å². The number of nitrogens with zero attached hydrogens (tertiary/aromatic N) is 1. The first-order chi connectivity index (χ1) is 9.33. The molecule has 0 spiro atoms. The van der Waals surface area contributed by atoms with Gasteiger partial charge in [-0.1, -0.05) is 6.07 Å². The first kappa shape index (κ1) is 10.6. The number of rotatable bonds is 1. The average Bonchev–Trinajstić information content (AvgIpc) is 3.04. The van der Waals surface area contributed by atoms with Gasteiger partial charge in [-0.05, 0) is 17.7 Å². The molecule has 94 valence electrons. The third-order valence-electron chi connectivity index (χ3n) is 3.06. The molecule has 1 aliphatic rings. The Kier molecular flexibility index (Phi) is 2.13. The van der Waals surface area contributed by atoms with Crippen LogP contribution in [0.4, 0.5) is 0 Å². The van der Waals surface area contributed by atoms with E-state index in [-0.39, 0.29) is 12.4 Å². The van der Waals surface area contributed by atoms with Crippen LogP contribution < -0.4 is 15.0 Å². The van der Waals surface area contributed by atoms with Crippen LogP contribution in [0.2, 0.25) is 0 Å². The summed E-state index contributed by atoms with van der Waals surface area (Å²) >= 11 is 1.45. The Hall–Kier alpha value is -2.34. The van der Waals surface area contributed by atoms with Crippen molar-refractivity contribution in [2.45, 2.75) is 0 Å². The molecule has 0 unspecified atom stereocenters. The van der Waals surface area contributed by atoms with Crippen molar-refractivity contribution in [3.05, 3.63) is 40.3 Å². The van der Waals surface area contributed by atoms with Gasteiger partial charge in [-0.15, -0.1) is 11.3 Å². The SMILES string of the molecule is O=c1[nH]cnc2scc(-c3ccc4c(c3)OCO4)c12.